The van der Waals surface area contributed by atoms with Crippen molar-refractivity contribution in [1.29, 1.82) is 0 Å². The summed E-state index contributed by atoms with van der Waals surface area (Å²) in [5.74, 6) is -1.14. The number of benzene rings is 3. The van der Waals surface area contributed by atoms with Gasteiger partial charge in [0.25, 0.3) is 5.91 Å². The summed E-state index contributed by atoms with van der Waals surface area (Å²) in [7, 11) is 0. The second-order valence-electron chi connectivity index (χ2n) is 9.30. The second kappa shape index (κ2) is 9.34. The van der Waals surface area contributed by atoms with Crippen LogP contribution in [0.15, 0.2) is 101 Å². The van der Waals surface area contributed by atoms with Gasteiger partial charge in [-0.15, -0.1) is 0 Å². The molecule has 4 nitrogen and oxygen atoms in total. The highest BCUT2D eigenvalue weighted by Gasteiger charge is 2.40. The normalized spacial score (nSPS) is 19.8. The number of hydrogen-bond acceptors (Lipinski definition) is 3. The van der Waals surface area contributed by atoms with Gasteiger partial charge in [0, 0.05) is 40.6 Å². The second-order valence-corrected chi connectivity index (χ2v) is 9.30. The van der Waals surface area contributed by atoms with Crippen LogP contribution in [-0.4, -0.2) is 11.7 Å². The van der Waals surface area contributed by atoms with Crippen molar-refractivity contribution in [2.75, 3.05) is 5.32 Å². The van der Waals surface area contributed by atoms with Crippen LogP contribution in [-0.2, 0) is 9.59 Å². The number of aryl methyl sites for hydroxylation is 1. The summed E-state index contributed by atoms with van der Waals surface area (Å²) < 4.78 is 13.7. The summed E-state index contributed by atoms with van der Waals surface area (Å²) >= 11 is 0. The third-order valence-electron chi connectivity index (χ3n) is 6.84. The van der Waals surface area contributed by atoms with Crippen molar-refractivity contribution in [3.05, 3.63) is 124 Å². The first kappa shape index (κ1) is 22.8. The molecular formula is C30H27FN2O2. The number of allylic oxidation sites excluding steroid dienone is 3. The highest BCUT2D eigenvalue weighted by molar-refractivity contribution is 6.10. The van der Waals surface area contributed by atoms with Gasteiger partial charge in [-0.1, -0.05) is 66.2 Å². The highest BCUT2D eigenvalue weighted by atomic mass is 19.1. The fraction of sp³-hybridized carbons (Fsp3) is 0.200. The van der Waals surface area contributed by atoms with Gasteiger partial charge in [-0.2, -0.15) is 0 Å². The predicted molar refractivity (Wildman–Crippen MR) is 135 cm³/mol. The average molecular weight is 467 g/mol. The Kier molecular flexibility index (Phi) is 6.08. The number of rotatable bonds is 4. The zero-order chi connectivity index (χ0) is 24.5. The maximum Gasteiger partial charge on any atom is 0.254 e. The van der Waals surface area contributed by atoms with Gasteiger partial charge < -0.3 is 10.6 Å². The molecular weight excluding hydrogens is 439 g/mol. The molecule has 0 radical (unpaired) electrons. The summed E-state index contributed by atoms with van der Waals surface area (Å²) in [4.78, 5) is 27.2. The Morgan fingerprint density at radius 2 is 1.66 bits per heavy atom. The monoisotopic (exact) mass is 466 g/mol. The fourth-order valence-corrected chi connectivity index (χ4v) is 5.16. The predicted octanol–water partition coefficient (Wildman–Crippen LogP) is 6.13. The minimum absolute atomic E-state index is 0.0433. The SMILES string of the molecule is CC1=C(C(=O)Nc2cccc(F)c2)[C@@H](c2ccc(C)cc2)C2=C(C[C@@H](c3ccccc3)CC2=O)N1. The van der Waals surface area contributed by atoms with Crippen LogP contribution in [0.3, 0.4) is 0 Å². The number of carbonyl (C=O) groups is 2. The topological polar surface area (TPSA) is 58.2 Å². The van der Waals surface area contributed by atoms with Gasteiger partial charge in [-0.05, 0) is 55.5 Å². The van der Waals surface area contributed by atoms with E-state index in [2.05, 4.69) is 22.8 Å². The molecule has 176 valence electrons. The van der Waals surface area contributed by atoms with Crippen molar-refractivity contribution in [2.24, 2.45) is 0 Å². The van der Waals surface area contributed by atoms with E-state index in [1.165, 1.54) is 12.1 Å². The lowest BCUT2D eigenvalue weighted by Crippen LogP contribution is -2.37. The molecule has 0 spiro atoms. The molecule has 0 unspecified atom stereocenters. The van der Waals surface area contributed by atoms with Crippen LogP contribution in [0, 0.1) is 12.7 Å². The Balaban J connectivity index is 1.56. The van der Waals surface area contributed by atoms with Gasteiger partial charge >= 0.3 is 0 Å². The summed E-state index contributed by atoms with van der Waals surface area (Å²) in [5, 5.41) is 6.22. The number of dihydropyridines is 1. The molecule has 3 aromatic rings. The highest BCUT2D eigenvalue weighted by Crippen LogP contribution is 2.45. The van der Waals surface area contributed by atoms with Crippen LogP contribution in [0.1, 0.15) is 48.3 Å². The first-order valence-electron chi connectivity index (χ1n) is 11.8. The van der Waals surface area contributed by atoms with Crippen LogP contribution < -0.4 is 10.6 Å². The van der Waals surface area contributed by atoms with Crippen molar-refractivity contribution in [1.82, 2.24) is 5.32 Å². The van der Waals surface area contributed by atoms with E-state index < -0.39 is 11.7 Å². The van der Waals surface area contributed by atoms with Gasteiger partial charge in [-0.25, -0.2) is 4.39 Å². The standard InChI is InChI=1S/C30H27FN2O2/c1-18-11-13-21(14-12-18)28-27(30(35)33-24-10-6-9-23(31)17-24)19(2)32-25-15-22(16-26(34)29(25)28)20-7-4-3-5-8-20/h3-14,17,22,28,32H,15-16H2,1-2H3,(H,33,35)/t22-,28-/m1/s1. The minimum Gasteiger partial charge on any atom is -0.362 e. The number of nitrogens with one attached hydrogen (secondary N) is 2. The fourth-order valence-electron chi connectivity index (χ4n) is 5.16. The number of ketones is 1. The number of Topliss-reactive ketones (excluding diaryl/α,β-unsaturated/α-hetero) is 1. The molecule has 1 amide bonds. The number of carbonyl (C=O) groups excluding carboxylic acids is 2. The molecule has 3 aromatic carbocycles. The van der Waals surface area contributed by atoms with Gasteiger partial charge in [-0.3, -0.25) is 9.59 Å². The lowest BCUT2D eigenvalue weighted by molar-refractivity contribution is -0.116. The molecule has 0 aromatic heterocycles. The number of amides is 1. The van der Waals surface area contributed by atoms with Crippen molar-refractivity contribution in [2.45, 2.75) is 38.5 Å². The average Bonchev–Trinajstić information content (AvgIpc) is 2.84. The molecule has 0 bridgehead atoms. The zero-order valence-corrected chi connectivity index (χ0v) is 19.8. The summed E-state index contributed by atoms with van der Waals surface area (Å²) in [6, 6.07) is 23.8. The van der Waals surface area contributed by atoms with Crippen LogP contribution in [0.25, 0.3) is 0 Å². The Morgan fingerprint density at radius 3 is 2.37 bits per heavy atom. The molecule has 1 aliphatic carbocycles. The Morgan fingerprint density at radius 1 is 0.914 bits per heavy atom. The quantitative estimate of drug-likeness (QED) is 0.486. The van der Waals surface area contributed by atoms with Crippen LogP contribution >= 0.6 is 0 Å². The Labute approximate surface area is 204 Å². The van der Waals surface area contributed by atoms with Crippen LogP contribution in [0.5, 0.6) is 0 Å². The van der Waals surface area contributed by atoms with Crippen LogP contribution in [0.2, 0.25) is 0 Å². The molecule has 2 N–H and O–H groups in total. The van der Waals surface area contributed by atoms with E-state index in [-0.39, 0.29) is 17.6 Å². The van der Waals surface area contributed by atoms with E-state index in [1.807, 2.05) is 56.3 Å². The molecule has 1 aliphatic heterocycles. The van der Waals surface area contributed by atoms with Crippen molar-refractivity contribution >= 4 is 17.4 Å². The molecule has 0 saturated heterocycles. The lowest BCUT2D eigenvalue weighted by Gasteiger charge is -2.37. The molecule has 5 rings (SSSR count). The smallest absolute Gasteiger partial charge is 0.254 e. The maximum absolute atomic E-state index is 13.7. The van der Waals surface area contributed by atoms with E-state index in [0.29, 0.717) is 35.4 Å². The minimum atomic E-state index is -0.496. The molecule has 0 saturated carbocycles. The Bertz CT molecular complexity index is 1360. The summed E-state index contributed by atoms with van der Waals surface area (Å²) in [5.41, 5.74) is 6.20. The third-order valence-corrected chi connectivity index (χ3v) is 6.84. The third kappa shape index (κ3) is 4.54. The number of hydrogen-bond donors (Lipinski definition) is 2. The van der Waals surface area contributed by atoms with E-state index >= 15 is 0 Å². The van der Waals surface area contributed by atoms with E-state index in [9.17, 15) is 14.0 Å². The first-order valence-corrected chi connectivity index (χ1v) is 11.8. The molecule has 1 heterocycles. The molecule has 0 fully saturated rings. The van der Waals surface area contributed by atoms with Gasteiger partial charge in [0.2, 0.25) is 0 Å². The lowest BCUT2D eigenvalue weighted by atomic mass is 9.71. The molecule has 5 heteroatoms. The number of anilines is 1. The van der Waals surface area contributed by atoms with Gasteiger partial charge in [0.05, 0.1) is 0 Å². The molecule has 2 aliphatic rings. The molecule has 35 heavy (non-hydrogen) atoms. The van der Waals surface area contributed by atoms with Crippen molar-refractivity contribution < 1.29 is 14.0 Å². The number of halogens is 1. The van der Waals surface area contributed by atoms with Crippen molar-refractivity contribution in [3.63, 3.8) is 0 Å². The Hall–Kier alpha value is -3.99. The van der Waals surface area contributed by atoms with E-state index in [0.717, 1.165) is 22.4 Å². The molecule has 2 atom stereocenters. The van der Waals surface area contributed by atoms with E-state index in [1.54, 1.807) is 12.1 Å². The van der Waals surface area contributed by atoms with Crippen LogP contribution in [0.4, 0.5) is 10.1 Å². The summed E-state index contributed by atoms with van der Waals surface area (Å²) in [6.07, 6.45) is 1.09. The largest absolute Gasteiger partial charge is 0.362 e. The van der Waals surface area contributed by atoms with Gasteiger partial charge in [0.1, 0.15) is 5.82 Å². The first-order chi connectivity index (χ1) is 16.9. The summed E-state index contributed by atoms with van der Waals surface area (Å²) in [6.45, 7) is 3.87. The maximum atomic E-state index is 13.7. The zero-order valence-electron chi connectivity index (χ0n) is 19.8. The van der Waals surface area contributed by atoms with Gasteiger partial charge in [0.15, 0.2) is 5.78 Å². The van der Waals surface area contributed by atoms with Crippen molar-refractivity contribution in [3.8, 4) is 0 Å². The van der Waals surface area contributed by atoms with E-state index in [4.69, 9.17) is 0 Å².